The number of nitrogens with zero attached hydrogens (tertiary/aromatic N) is 2. The Morgan fingerprint density at radius 2 is 2.09 bits per heavy atom. The molecule has 0 bridgehead atoms. The molecule has 1 atom stereocenters. The number of carbonyl (C=O) groups is 1. The van der Waals surface area contributed by atoms with Crippen molar-refractivity contribution in [2.75, 3.05) is 5.32 Å². The molecule has 1 amide bonds. The van der Waals surface area contributed by atoms with E-state index in [9.17, 15) is 10.1 Å². The first-order valence-electron chi connectivity index (χ1n) is 9.87. The summed E-state index contributed by atoms with van der Waals surface area (Å²) in [5.74, 6) is 0.370. The molecule has 2 heterocycles. The van der Waals surface area contributed by atoms with Crippen LogP contribution in [0, 0.1) is 24.2 Å². The Labute approximate surface area is 204 Å². The van der Waals surface area contributed by atoms with Gasteiger partial charge < -0.3 is 9.84 Å². The standard InChI is InChI=1S/C22H18Cl2N4O2S2/c1-10-6-7-12-13(9-25)21(32-16(12)8-10)27-22(31)26-20(29)17-11(2)30-28-19(17)18-14(23)4-3-5-15(18)24/h3-5,10H,6-8H2,1-2H3,(H2,26,27,29,31)/t10-/m1/s1. The number of amides is 1. The molecule has 0 fully saturated rings. The molecule has 0 radical (unpaired) electrons. The summed E-state index contributed by atoms with van der Waals surface area (Å²) in [6.45, 7) is 3.83. The van der Waals surface area contributed by atoms with Crippen LogP contribution in [-0.4, -0.2) is 16.2 Å². The van der Waals surface area contributed by atoms with Gasteiger partial charge in [-0.25, -0.2) is 0 Å². The molecule has 3 aromatic rings. The third-order valence-electron chi connectivity index (χ3n) is 5.37. The molecule has 1 aliphatic rings. The number of nitriles is 1. The molecule has 0 aliphatic heterocycles. The number of halogens is 2. The normalized spacial score (nSPS) is 15.0. The number of anilines is 1. The first kappa shape index (κ1) is 22.7. The maximum absolute atomic E-state index is 13.0. The molecule has 10 heteroatoms. The lowest BCUT2D eigenvalue weighted by atomic mass is 9.89. The van der Waals surface area contributed by atoms with E-state index in [2.05, 4.69) is 28.8 Å². The number of aryl methyl sites for hydroxylation is 1. The second-order valence-corrected chi connectivity index (χ2v) is 9.96. The summed E-state index contributed by atoms with van der Waals surface area (Å²) < 4.78 is 5.25. The average Bonchev–Trinajstić information content (AvgIpc) is 3.26. The highest BCUT2D eigenvalue weighted by Crippen LogP contribution is 2.39. The molecule has 32 heavy (non-hydrogen) atoms. The number of aromatic nitrogens is 1. The van der Waals surface area contributed by atoms with Gasteiger partial charge in [-0.1, -0.05) is 41.3 Å². The summed E-state index contributed by atoms with van der Waals surface area (Å²) in [5, 5.41) is 20.7. The van der Waals surface area contributed by atoms with Gasteiger partial charge in [0.25, 0.3) is 5.91 Å². The third kappa shape index (κ3) is 4.26. The lowest BCUT2D eigenvalue weighted by Crippen LogP contribution is -2.34. The lowest BCUT2D eigenvalue weighted by Gasteiger charge is -2.17. The molecule has 0 saturated heterocycles. The minimum absolute atomic E-state index is 0.0787. The Morgan fingerprint density at radius 3 is 2.78 bits per heavy atom. The zero-order valence-electron chi connectivity index (χ0n) is 17.2. The van der Waals surface area contributed by atoms with Crippen molar-refractivity contribution >= 4 is 62.8 Å². The molecule has 164 valence electrons. The van der Waals surface area contributed by atoms with E-state index < -0.39 is 5.91 Å². The van der Waals surface area contributed by atoms with E-state index in [1.165, 1.54) is 16.2 Å². The van der Waals surface area contributed by atoms with Gasteiger partial charge in [-0.3, -0.25) is 10.1 Å². The van der Waals surface area contributed by atoms with Gasteiger partial charge in [0.05, 0.1) is 15.6 Å². The van der Waals surface area contributed by atoms with Crippen LogP contribution in [0.25, 0.3) is 11.3 Å². The fourth-order valence-corrected chi connectivity index (χ4v) is 5.99. The second-order valence-electron chi connectivity index (χ2n) is 7.63. The molecule has 2 N–H and O–H groups in total. The fraction of sp³-hybridized carbons (Fsp3) is 0.273. The van der Waals surface area contributed by atoms with E-state index in [4.69, 9.17) is 39.9 Å². The largest absolute Gasteiger partial charge is 0.360 e. The van der Waals surface area contributed by atoms with Crippen LogP contribution in [0.5, 0.6) is 0 Å². The van der Waals surface area contributed by atoms with Crippen molar-refractivity contribution in [3.63, 3.8) is 0 Å². The van der Waals surface area contributed by atoms with E-state index in [1.807, 2.05) is 0 Å². The number of thiophene rings is 1. The monoisotopic (exact) mass is 504 g/mol. The van der Waals surface area contributed by atoms with Crippen molar-refractivity contribution < 1.29 is 9.32 Å². The topological polar surface area (TPSA) is 90.9 Å². The van der Waals surface area contributed by atoms with Gasteiger partial charge in [0.15, 0.2) is 5.11 Å². The summed E-state index contributed by atoms with van der Waals surface area (Å²) in [4.78, 5) is 14.2. The number of benzene rings is 1. The van der Waals surface area contributed by atoms with E-state index in [-0.39, 0.29) is 16.4 Å². The van der Waals surface area contributed by atoms with Crippen molar-refractivity contribution in [3.05, 3.63) is 55.6 Å². The van der Waals surface area contributed by atoms with Crippen LogP contribution >= 0.6 is 46.8 Å². The first-order chi connectivity index (χ1) is 15.3. The first-order valence-corrected chi connectivity index (χ1v) is 11.9. The van der Waals surface area contributed by atoms with Crippen LogP contribution in [0.1, 0.15) is 45.5 Å². The van der Waals surface area contributed by atoms with Crippen LogP contribution in [0.2, 0.25) is 10.0 Å². The van der Waals surface area contributed by atoms with Crippen LogP contribution in [0.3, 0.4) is 0 Å². The quantitative estimate of drug-likeness (QED) is 0.416. The van der Waals surface area contributed by atoms with Gasteiger partial charge in [0.1, 0.15) is 28.1 Å². The van der Waals surface area contributed by atoms with Gasteiger partial charge in [-0.05, 0) is 62.0 Å². The van der Waals surface area contributed by atoms with Crippen molar-refractivity contribution in [2.24, 2.45) is 5.92 Å². The molecule has 1 aromatic carbocycles. The van der Waals surface area contributed by atoms with E-state index in [0.29, 0.717) is 37.9 Å². The number of nitrogens with one attached hydrogen (secondary N) is 2. The van der Waals surface area contributed by atoms with Crippen LogP contribution in [-0.2, 0) is 12.8 Å². The Kier molecular flexibility index (Phi) is 6.54. The van der Waals surface area contributed by atoms with Crippen LogP contribution in [0.4, 0.5) is 5.00 Å². The molecule has 2 aromatic heterocycles. The minimum Gasteiger partial charge on any atom is -0.360 e. The minimum atomic E-state index is -0.513. The average molecular weight is 505 g/mol. The van der Waals surface area contributed by atoms with Gasteiger partial charge >= 0.3 is 0 Å². The van der Waals surface area contributed by atoms with Gasteiger partial charge in [-0.15, -0.1) is 11.3 Å². The molecule has 0 spiro atoms. The van der Waals surface area contributed by atoms with Crippen molar-refractivity contribution in [1.29, 1.82) is 5.26 Å². The van der Waals surface area contributed by atoms with Gasteiger partial charge in [0, 0.05) is 10.4 Å². The highest BCUT2D eigenvalue weighted by atomic mass is 35.5. The number of hydrogen-bond acceptors (Lipinski definition) is 6. The third-order valence-corrected chi connectivity index (χ3v) is 7.37. The smallest absolute Gasteiger partial charge is 0.263 e. The summed E-state index contributed by atoms with van der Waals surface area (Å²) in [6, 6.07) is 7.29. The van der Waals surface area contributed by atoms with Crippen molar-refractivity contribution in [3.8, 4) is 17.3 Å². The predicted molar refractivity (Wildman–Crippen MR) is 131 cm³/mol. The predicted octanol–water partition coefficient (Wildman–Crippen LogP) is 6.14. The molecule has 0 unspecified atom stereocenters. The van der Waals surface area contributed by atoms with Gasteiger partial charge in [-0.2, -0.15) is 5.26 Å². The van der Waals surface area contributed by atoms with E-state index in [0.717, 1.165) is 24.8 Å². The SMILES string of the molecule is Cc1onc(-c2c(Cl)cccc2Cl)c1C(=O)NC(=S)Nc1sc2c(c1C#N)CC[C@@H](C)C2. The Morgan fingerprint density at radius 1 is 1.38 bits per heavy atom. The molecular weight excluding hydrogens is 487 g/mol. The second kappa shape index (κ2) is 9.20. The lowest BCUT2D eigenvalue weighted by molar-refractivity contribution is 0.0977. The molecule has 4 rings (SSSR count). The number of rotatable bonds is 3. The zero-order valence-corrected chi connectivity index (χ0v) is 20.4. The van der Waals surface area contributed by atoms with Gasteiger partial charge in [0.2, 0.25) is 0 Å². The Hall–Kier alpha value is -2.44. The number of hydrogen-bond donors (Lipinski definition) is 2. The van der Waals surface area contributed by atoms with E-state index in [1.54, 1.807) is 25.1 Å². The summed E-state index contributed by atoms with van der Waals surface area (Å²) in [7, 11) is 0. The Bertz CT molecular complexity index is 1260. The van der Waals surface area contributed by atoms with Crippen LogP contribution < -0.4 is 10.6 Å². The zero-order chi connectivity index (χ0) is 23.0. The Balaban J connectivity index is 1.57. The van der Waals surface area contributed by atoms with E-state index >= 15 is 0 Å². The number of carbonyl (C=O) groups excluding carboxylic acids is 1. The molecule has 1 aliphatic carbocycles. The molecular formula is C22H18Cl2N4O2S2. The summed E-state index contributed by atoms with van der Waals surface area (Å²) in [5.41, 5.74) is 2.50. The number of fused-ring (bicyclic) bond motifs is 1. The van der Waals surface area contributed by atoms with Crippen molar-refractivity contribution in [1.82, 2.24) is 10.5 Å². The number of thiocarbonyl (C=S) groups is 1. The van der Waals surface area contributed by atoms with Crippen LogP contribution in [0.15, 0.2) is 22.7 Å². The highest BCUT2D eigenvalue weighted by molar-refractivity contribution is 7.80. The molecule has 0 saturated carbocycles. The maximum Gasteiger partial charge on any atom is 0.263 e. The maximum atomic E-state index is 13.0. The fourth-order valence-electron chi connectivity index (χ4n) is 3.79. The van der Waals surface area contributed by atoms with Crippen molar-refractivity contribution in [2.45, 2.75) is 33.1 Å². The summed E-state index contributed by atoms with van der Waals surface area (Å²) in [6.07, 6.45) is 2.87. The summed E-state index contributed by atoms with van der Waals surface area (Å²) >= 11 is 19.5. The highest BCUT2D eigenvalue weighted by Gasteiger charge is 2.27. The molecule has 6 nitrogen and oxygen atoms in total.